The summed E-state index contributed by atoms with van der Waals surface area (Å²) in [4.78, 5) is 25.4. The Balaban J connectivity index is 0.00000240. The maximum atomic E-state index is 12.2. The summed E-state index contributed by atoms with van der Waals surface area (Å²) in [6.45, 7) is 3.64. The van der Waals surface area contributed by atoms with Crippen molar-refractivity contribution in [1.82, 2.24) is 20.1 Å². The zero-order valence-electron chi connectivity index (χ0n) is 16.0. The molecule has 0 saturated carbocycles. The topological polar surface area (TPSA) is 103 Å². The second kappa shape index (κ2) is 8.24. The third-order valence-electron chi connectivity index (χ3n) is 4.22. The van der Waals surface area contributed by atoms with E-state index in [1.54, 1.807) is 31.3 Å². The van der Waals surface area contributed by atoms with Crippen molar-refractivity contribution < 1.29 is 14.1 Å². The van der Waals surface area contributed by atoms with Crippen LogP contribution in [0.5, 0.6) is 0 Å². The number of aromatic nitrogens is 4. The Hall–Kier alpha value is -3.52. The number of benzene rings is 1. The Morgan fingerprint density at radius 1 is 1.10 bits per heavy atom. The van der Waals surface area contributed by atoms with Crippen LogP contribution in [-0.2, 0) is 4.74 Å². The molecule has 0 spiro atoms. The van der Waals surface area contributed by atoms with Crippen molar-refractivity contribution in [2.24, 2.45) is 0 Å². The van der Waals surface area contributed by atoms with Gasteiger partial charge >= 0.3 is 5.97 Å². The smallest absolute Gasteiger partial charge is 0.339 e. The Morgan fingerprint density at radius 3 is 2.62 bits per heavy atom. The largest absolute Gasteiger partial charge is 0.465 e. The number of nitrogens with zero attached hydrogens (tertiary/aromatic N) is 4. The van der Waals surface area contributed by atoms with Gasteiger partial charge in [0.25, 0.3) is 5.89 Å². The summed E-state index contributed by atoms with van der Waals surface area (Å²) < 4.78 is 10.2. The number of para-hydroxylation sites is 1. The number of fused-ring (bicyclic) bond motifs is 1. The van der Waals surface area contributed by atoms with Gasteiger partial charge in [-0.3, -0.25) is 0 Å². The first-order valence-electron chi connectivity index (χ1n) is 8.58. The van der Waals surface area contributed by atoms with Crippen LogP contribution in [0, 0.1) is 13.8 Å². The van der Waals surface area contributed by atoms with Gasteiger partial charge in [0.1, 0.15) is 0 Å². The number of pyridine rings is 2. The van der Waals surface area contributed by atoms with Gasteiger partial charge in [0.2, 0.25) is 0 Å². The van der Waals surface area contributed by atoms with Gasteiger partial charge in [-0.15, -0.1) is 12.4 Å². The van der Waals surface area contributed by atoms with E-state index in [0.717, 1.165) is 11.1 Å². The Labute approximate surface area is 172 Å². The van der Waals surface area contributed by atoms with Gasteiger partial charge in [-0.05, 0) is 38.1 Å². The van der Waals surface area contributed by atoms with Crippen LogP contribution in [0.15, 0.2) is 47.1 Å². The first kappa shape index (κ1) is 20.2. The Morgan fingerprint density at radius 2 is 1.90 bits per heavy atom. The van der Waals surface area contributed by atoms with E-state index >= 15 is 0 Å². The van der Waals surface area contributed by atoms with E-state index in [4.69, 9.17) is 9.26 Å². The molecular formula is C20H18ClN5O3. The SMILES string of the molecule is COC(=O)c1ccccc1Nc1c(-c2nc(C)no2)cnc2nc(C)ccc12.Cl. The molecule has 4 aromatic rings. The van der Waals surface area contributed by atoms with Crippen LogP contribution in [0.4, 0.5) is 11.4 Å². The van der Waals surface area contributed by atoms with Gasteiger partial charge in [0.15, 0.2) is 11.5 Å². The molecule has 8 nitrogen and oxygen atoms in total. The van der Waals surface area contributed by atoms with Crippen molar-refractivity contribution in [1.29, 1.82) is 0 Å². The van der Waals surface area contributed by atoms with Crippen molar-refractivity contribution in [3.63, 3.8) is 0 Å². The molecule has 148 valence electrons. The number of nitrogens with one attached hydrogen (secondary N) is 1. The van der Waals surface area contributed by atoms with Crippen molar-refractivity contribution in [2.45, 2.75) is 13.8 Å². The molecular weight excluding hydrogens is 394 g/mol. The van der Waals surface area contributed by atoms with Gasteiger partial charge in [-0.2, -0.15) is 4.98 Å². The quantitative estimate of drug-likeness (QED) is 0.497. The number of carbonyl (C=O) groups is 1. The van der Waals surface area contributed by atoms with Gasteiger partial charge in [-0.25, -0.2) is 14.8 Å². The van der Waals surface area contributed by atoms with Crippen molar-refractivity contribution in [3.05, 3.63) is 59.7 Å². The zero-order valence-corrected chi connectivity index (χ0v) is 16.8. The summed E-state index contributed by atoms with van der Waals surface area (Å²) in [5.74, 6) is 0.397. The van der Waals surface area contributed by atoms with E-state index in [9.17, 15) is 4.79 Å². The molecule has 1 N–H and O–H groups in total. The minimum Gasteiger partial charge on any atom is -0.465 e. The number of methoxy groups -OCH3 is 1. The lowest BCUT2D eigenvalue weighted by Gasteiger charge is -2.15. The first-order chi connectivity index (χ1) is 13.6. The summed E-state index contributed by atoms with van der Waals surface area (Å²) >= 11 is 0. The van der Waals surface area contributed by atoms with E-state index < -0.39 is 5.97 Å². The molecule has 0 saturated heterocycles. The average Bonchev–Trinajstić information content (AvgIpc) is 3.14. The maximum Gasteiger partial charge on any atom is 0.339 e. The molecule has 0 aliphatic carbocycles. The molecule has 0 radical (unpaired) electrons. The number of ether oxygens (including phenoxy) is 1. The fourth-order valence-electron chi connectivity index (χ4n) is 2.89. The van der Waals surface area contributed by atoms with Gasteiger partial charge < -0.3 is 14.6 Å². The summed E-state index contributed by atoms with van der Waals surface area (Å²) in [6.07, 6.45) is 1.63. The van der Waals surface area contributed by atoms with Crippen molar-refractivity contribution in [3.8, 4) is 11.5 Å². The van der Waals surface area contributed by atoms with Crippen LogP contribution >= 0.6 is 12.4 Å². The summed E-state index contributed by atoms with van der Waals surface area (Å²) in [5, 5.41) is 7.94. The highest BCUT2D eigenvalue weighted by Gasteiger charge is 2.19. The number of carbonyl (C=O) groups excluding carboxylic acids is 1. The number of halogens is 1. The van der Waals surface area contributed by atoms with Gasteiger partial charge in [0.05, 0.1) is 29.6 Å². The Kier molecular flexibility index (Phi) is 5.74. The first-order valence-corrected chi connectivity index (χ1v) is 8.58. The second-order valence-electron chi connectivity index (χ2n) is 6.18. The molecule has 0 fully saturated rings. The fraction of sp³-hybridized carbons (Fsp3) is 0.150. The number of hydrogen-bond donors (Lipinski definition) is 1. The molecule has 0 aliphatic rings. The molecule has 9 heteroatoms. The third-order valence-corrected chi connectivity index (χ3v) is 4.22. The standard InChI is InChI=1S/C20H17N5O3.ClH/c1-11-8-9-14-17(24-16-7-5-4-6-13(16)20(26)27-3)15(10-21-18(14)22-11)19-23-12(2)25-28-19;/h4-10H,1-3H3,(H,21,22,24);1H. The van der Waals surface area contributed by atoms with E-state index in [0.29, 0.717) is 39.9 Å². The van der Waals surface area contributed by atoms with E-state index in [1.165, 1.54) is 7.11 Å². The minimum absolute atomic E-state index is 0. The molecule has 3 aromatic heterocycles. The van der Waals surface area contributed by atoms with Gasteiger partial charge in [0, 0.05) is 17.3 Å². The number of anilines is 2. The third kappa shape index (κ3) is 3.88. The van der Waals surface area contributed by atoms with Gasteiger partial charge in [-0.1, -0.05) is 17.3 Å². The molecule has 29 heavy (non-hydrogen) atoms. The molecule has 0 bridgehead atoms. The molecule has 0 unspecified atom stereocenters. The lowest BCUT2D eigenvalue weighted by molar-refractivity contribution is 0.0602. The van der Waals surface area contributed by atoms with E-state index in [1.807, 2.05) is 25.1 Å². The normalized spacial score (nSPS) is 10.4. The predicted molar refractivity (Wildman–Crippen MR) is 111 cm³/mol. The highest BCUT2D eigenvalue weighted by molar-refractivity contribution is 6.02. The second-order valence-corrected chi connectivity index (χ2v) is 6.18. The molecule has 0 atom stereocenters. The number of rotatable bonds is 4. The van der Waals surface area contributed by atoms with Crippen LogP contribution in [0.1, 0.15) is 21.9 Å². The van der Waals surface area contributed by atoms with E-state index in [-0.39, 0.29) is 12.4 Å². The molecule has 1 aromatic carbocycles. The van der Waals surface area contributed by atoms with Crippen molar-refractivity contribution in [2.75, 3.05) is 12.4 Å². The number of esters is 1. The van der Waals surface area contributed by atoms with Crippen LogP contribution in [0.25, 0.3) is 22.5 Å². The fourth-order valence-corrected chi connectivity index (χ4v) is 2.89. The van der Waals surface area contributed by atoms with E-state index in [2.05, 4.69) is 25.4 Å². The van der Waals surface area contributed by atoms with Crippen LogP contribution in [0.2, 0.25) is 0 Å². The minimum atomic E-state index is -0.439. The predicted octanol–water partition coefficient (Wildman–Crippen LogP) is 4.25. The van der Waals surface area contributed by atoms with Crippen molar-refractivity contribution >= 4 is 40.8 Å². The summed E-state index contributed by atoms with van der Waals surface area (Å²) in [5.41, 5.74) is 3.68. The summed E-state index contributed by atoms with van der Waals surface area (Å²) in [6, 6.07) is 10.9. The number of aryl methyl sites for hydroxylation is 2. The highest BCUT2D eigenvalue weighted by atomic mass is 35.5. The van der Waals surface area contributed by atoms with Crippen LogP contribution in [0.3, 0.4) is 0 Å². The van der Waals surface area contributed by atoms with Crippen LogP contribution in [-0.4, -0.2) is 33.2 Å². The monoisotopic (exact) mass is 411 g/mol. The Bertz CT molecular complexity index is 1190. The molecule has 3 heterocycles. The lowest BCUT2D eigenvalue weighted by atomic mass is 10.1. The highest BCUT2D eigenvalue weighted by Crippen LogP contribution is 2.35. The number of hydrogen-bond acceptors (Lipinski definition) is 8. The molecule has 0 aliphatic heterocycles. The summed E-state index contributed by atoms with van der Waals surface area (Å²) in [7, 11) is 1.35. The lowest BCUT2D eigenvalue weighted by Crippen LogP contribution is -2.06. The zero-order chi connectivity index (χ0) is 19.7. The maximum absolute atomic E-state index is 12.2. The average molecular weight is 412 g/mol. The molecule has 4 rings (SSSR count). The molecule has 0 amide bonds. The van der Waals surface area contributed by atoms with Crippen LogP contribution < -0.4 is 5.32 Å².